The first kappa shape index (κ1) is 12.7. The predicted octanol–water partition coefficient (Wildman–Crippen LogP) is 3.93. The molecule has 0 radical (unpaired) electrons. The minimum atomic E-state index is 0.0700. The van der Waals surface area contributed by atoms with Gasteiger partial charge in [0.25, 0.3) is 0 Å². The fourth-order valence-electron chi connectivity index (χ4n) is 1.80. The van der Waals surface area contributed by atoms with E-state index in [1.807, 2.05) is 32.9 Å². The van der Waals surface area contributed by atoms with Crippen LogP contribution < -0.4 is 0 Å². The van der Waals surface area contributed by atoms with Crippen molar-refractivity contribution in [2.45, 2.75) is 34.6 Å². The highest BCUT2D eigenvalue weighted by Crippen LogP contribution is 2.18. The first-order valence-corrected chi connectivity index (χ1v) is 5.72. The summed E-state index contributed by atoms with van der Waals surface area (Å²) < 4.78 is 0. The van der Waals surface area contributed by atoms with Gasteiger partial charge in [-0.05, 0) is 49.1 Å². The second kappa shape index (κ2) is 5.11. The number of carbonyl (C=O) groups is 1. The number of carbonyl (C=O) groups excluding carboxylic acids is 1. The van der Waals surface area contributed by atoms with E-state index < -0.39 is 0 Å². The lowest BCUT2D eigenvalue weighted by atomic mass is 9.96. The van der Waals surface area contributed by atoms with Crippen molar-refractivity contribution >= 4 is 11.9 Å². The van der Waals surface area contributed by atoms with Crippen molar-refractivity contribution in [1.82, 2.24) is 0 Å². The Morgan fingerprint density at radius 1 is 1.19 bits per heavy atom. The number of rotatable bonds is 3. The molecular weight excluding hydrogens is 196 g/mol. The molecule has 86 valence electrons. The maximum absolute atomic E-state index is 11.8. The third-order valence-electron chi connectivity index (χ3n) is 2.82. The number of ketones is 1. The Kier molecular flexibility index (Phi) is 4.05. The highest BCUT2D eigenvalue weighted by molar-refractivity contribution is 6.00. The Morgan fingerprint density at radius 3 is 2.12 bits per heavy atom. The number of hydrogen-bond acceptors (Lipinski definition) is 1. The Bertz CT molecular complexity index is 405. The zero-order chi connectivity index (χ0) is 12.3. The summed E-state index contributed by atoms with van der Waals surface area (Å²) in [5, 5.41) is 0. The van der Waals surface area contributed by atoms with Crippen molar-refractivity contribution in [3.05, 3.63) is 40.5 Å². The molecule has 16 heavy (non-hydrogen) atoms. The van der Waals surface area contributed by atoms with E-state index in [-0.39, 0.29) is 11.7 Å². The highest BCUT2D eigenvalue weighted by Gasteiger charge is 2.10. The van der Waals surface area contributed by atoms with Crippen molar-refractivity contribution in [3.63, 3.8) is 0 Å². The Hall–Kier alpha value is -1.37. The number of Topliss-reactive ketones (excluding diaryl/α,β-unsaturated/α-hetero) is 1. The van der Waals surface area contributed by atoms with E-state index in [9.17, 15) is 4.79 Å². The van der Waals surface area contributed by atoms with Crippen LogP contribution in [0.3, 0.4) is 0 Å². The van der Waals surface area contributed by atoms with Gasteiger partial charge >= 0.3 is 0 Å². The second-order valence-electron chi connectivity index (χ2n) is 4.65. The summed E-state index contributed by atoms with van der Waals surface area (Å²) in [6.07, 6.45) is 2.01. The number of allylic oxidation sites excluding steroid dienone is 1. The zero-order valence-corrected chi connectivity index (χ0v) is 10.8. The van der Waals surface area contributed by atoms with Crippen molar-refractivity contribution in [3.8, 4) is 0 Å². The molecule has 0 aliphatic carbocycles. The molecule has 1 rings (SSSR count). The van der Waals surface area contributed by atoms with Crippen LogP contribution in [0.2, 0.25) is 0 Å². The molecule has 1 nitrogen and oxygen atoms in total. The fourth-order valence-corrected chi connectivity index (χ4v) is 1.80. The normalized spacial score (nSPS) is 12.0. The Labute approximate surface area is 98.2 Å². The van der Waals surface area contributed by atoms with E-state index in [1.165, 1.54) is 16.7 Å². The van der Waals surface area contributed by atoms with Crippen molar-refractivity contribution in [1.29, 1.82) is 0 Å². The molecule has 0 fully saturated rings. The van der Waals surface area contributed by atoms with Crippen molar-refractivity contribution in [2.75, 3.05) is 0 Å². The number of hydrogen-bond donors (Lipinski definition) is 0. The van der Waals surface area contributed by atoms with Gasteiger partial charge in [0.1, 0.15) is 0 Å². The number of benzene rings is 1. The Balaban J connectivity index is 3.12. The van der Waals surface area contributed by atoms with E-state index in [4.69, 9.17) is 0 Å². The minimum Gasteiger partial charge on any atom is -0.294 e. The lowest BCUT2D eigenvalue weighted by molar-refractivity contribution is -0.118. The van der Waals surface area contributed by atoms with Crippen LogP contribution in [0.1, 0.15) is 37.5 Å². The SMILES string of the molecule is CC(=Cc1c(C)cccc1C)C(=O)C(C)C. The van der Waals surface area contributed by atoms with E-state index in [0.29, 0.717) is 0 Å². The third-order valence-corrected chi connectivity index (χ3v) is 2.82. The smallest absolute Gasteiger partial charge is 0.161 e. The lowest BCUT2D eigenvalue weighted by Crippen LogP contribution is -2.08. The van der Waals surface area contributed by atoms with Gasteiger partial charge in [-0.1, -0.05) is 32.0 Å². The van der Waals surface area contributed by atoms with Crippen LogP contribution in [-0.2, 0) is 4.79 Å². The van der Waals surface area contributed by atoms with Gasteiger partial charge in [-0.2, -0.15) is 0 Å². The maximum atomic E-state index is 11.8. The van der Waals surface area contributed by atoms with Crippen LogP contribution in [0.4, 0.5) is 0 Å². The van der Waals surface area contributed by atoms with Crippen LogP contribution in [0, 0.1) is 19.8 Å². The maximum Gasteiger partial charge on any atom is 0.161 e. The molecule has 0 bridgehead atoms. The molecule has 1 aromatic carbocycles. The molecule has 0 spiro atoms. The molecule has 0 aromatic heterocycles. The van der Waals surface area contributed by atoms with Crippen LogP contribution in [0.15, 0.2) is 23.8 Å². The van der Waals surface area contributed by atoms with E-state index in [0.717, 1.165) is 5.57 Å². The molecule has 0 saturated carbocycles. The monoisotopic (exact) mass is 216 g/mol. The quantitative estimate of drug-likeness (QED) is 0.700. The highest BCUT2D eigenvalue weighted by atomic mass is 16.1. The van der Waals surface area contributed by atoms with E-state index >= 15 is 0 Å². The summed E-state index contributed by atoms with van der Waals surface area (Å²) in [6.45, 7) is 9.92. The van der Waals surface area contributed by atoms with Crippen molar-refractivity contribution < 1.29 is 4.79 Å². The first-order valence-electron chi connectivity index (χ1n) is 5.72. The molecule has 0 aliphatic rings. The second-order valence-corrected chi connectivity index (χ2v) is 4.65. The summed E-state index contributed by atoms with van der Waals surface area (Å²) in [7, 11) is 0. The van der Waals surface area contributed by atoms with E-state index in [2.05, 4.69) is 26.0 Å². The van der Waals surface area contributed by atoms with Crippen LogP contribution in [0.25, 0.3) is 6.08 Å². The Morgan fingerprint density at radius 2 is 1.69 bits per heavy atom. The van der Waals surface area contributed by atoms with Gasteiger partial charge in [-0.15, -0.1) is 0 Å². The fraction of sp³-hybridized carbons (Fsp3) is 0.400. The van der Waals surface area contributed by atoms with Gasteiger partial charge in [-0.3, -0.25) is 4.79 Å². The van der Waals surface area contributed by atoms with E-state index in [1.54, 1.807) is 0 Å². The van der Waals surface area contributed by atoms with Gasteiger partial charge in [0.05, 0.1) is 0 Å². The average Bonchev–Trinajstić information content (AvgIpc) is 2.22. The molecule has 0 atom stereocenters. The average molecular weight is 216 g/mol. The molecule has 0 heterocycles. The largest absolute Gasteiger partial charge is 0.294 e. The topological polar surface area (TPSA) is 17.1 Å². The van der Waals surface area contributed by atoms with Gasteiger partial charge < -0.3 is 0 Å². The summed E-state index contributed by atoms with van der Waals surface area (Å²) in [5.41, 5.74) is 4.45. The van der Waals surface area contributed by atoms with Gasteiger partial charge in [0.15, 0.2) is 5.78 Å². The molecule has 0 saturated heterocycles. The number of aryl methyl sites for hydroxylation is 2. The summed E-state index contributed by atoms with van der Waals surface area (Å²) in [4.78, 5) is 11.8. The van der Waals surface area contributed by atoms with Gasteiger partial charge in [-0.25, -0.2) is 0 Å². The summed E-state index contributed by atoms with van der Waals surface area (Å²) in [6, 6.07) is 6.19. The van der Waals surface area contributed by atoms with Crippen molar-refractivity contribution in [2.24, 2.45) is 5.92 Å². The molecule has 0 N–H and O–H groups in total. The molecular formula is C15H20O. The minimum absolute atomic E-state index is 0.0700. The molecule has 0 unspecified atom stereocenters. The standard InChI is InChI=1S/C15H20O/c1-10(2)15(16)13(5)9-14-11(3)7-6-8-12(14)4/h6-10H,1-5H3. The molecule has 1 heteroatoms. The summed E-state index contributed by atoms with van der Waals surface area (Å²) in [5.74, 6) is 0.295. The van der Waals surface area contributed by atoms with Gasteiger partial charge in [0.2, 0.25) is 0 Å². The predicted molar refractivity (Wildman–Crippen MR) is 69.4 cm³/mol. The van der Waals surface area contributed by atoms with Gasteiger partial charge in [0, 0.05) is 5.92 Å². The zero-order valence-electron chi connectivity index (χ0n) is 10.8. The molecule has 0 aliphatic heterocycles. The lowest BCUT2D eigenvalue weighted by Gasteiger charge is -2.08. The van der Waals surface area contributed by atoms with Crippen LogP contribution >= 0.6 is 0 Å². The molecule has 1 aromatic rings. The summed E-state index contributed by atoms with van der Waals surface area (Å²) >= 11 is 0. The first-order chi connectivity index (χ1) is 7.43. The third kappa shape index (κ3) is 2.82. The van der Waals surface area contributed by atoms with Crippen LogP contribution in [-0.4, -0.2) is 5.78 Å². The van der Waals surface area contributed by atoms with Crippen LogP contribution in [0.5, 0.6) is 0 Å². The molecule has 0 amide bonds.